The van der Waals surface area contributed by atoms with E-state index in [1.165, 1.54) is 0 Å². The first-order chi connectivity index (χ1) is 8.70. The minimum Gasteiger partial charge on any atom is -0.481 e. The van der Waals surface area contributed by atoms with Gasteiger partial charge in [0.15, 0.2) is 0 Å². The molecule has 1 aliphatic heterocycles. The largest absolute Gasteiger partial charge is 0.481 e. The van der Waals surface area contributed by atoms with E-state index in [1.54, 1.807) is 6.92 Å². The maximum Gasteiger partial charge on any atom is 0.310 e. The second-order valence-electron chi connectivity index (χ2n) is 6.48. The molecule has 0 aromatic heterocycles. The molecule has 0 aromatic rings. The molecule has 1 aliphatic rings. The summed E-state index contributed by atoms with van der Waals surface area (Å²) in [6, 6.07) is 0.447. The van der Waals surface area contributed by atoms with E-state index in [0.717, 1.165) is 19.3 Å². The molecule has 1 saturated heterocycles. The highest BCUT2D eigenvalue weighted by Gasteiger charge is 2.41. The van der Waals surface area contributed by atoms with Gasteiger partial charge in [0.25, 0.3) is 0 Å². The van der Waals surface area contributed by atoms with Crippen molar-refractivity contribution in [3.8, 4) is 0 Å². The Balaban J connectivity index is 2.85. The molecule has 0 radical (unpaired) electrons. The van der Waals surface area contributed by atoms with Crippen molar-refractivity contribution in [1.82, 2.24) is 4.90 Å². The fraction of sp³-hybridized carbons (Fsp3) is 0.867. The zero-order chi connectivity index (χ0) is 14.8. The van der Waals surface area contributed by atoms with Gasteiger partial charge >= 0.3 is 5.97 Å². The summed E-state index contributed by atoms with van der Waals surface area (Å²) in [6.45, 7) is 9.52. The van der Waals surface area contributed by atoms with Crippen LogP contribution in [0.2, 0.25) is 0 Å². The third-order valence-corrected chi connectivity index (χ3v) is 4.76. The predicted octanol–water partition coefficient (Wildman–Crippen LogP) is 2.91. The highest BCUT2D eigenvalue weighted by atomic mass is 16.4. The van der Waals surface area contributed by atoms with Crippen LogP contribution < -0.4 is 0 Å². The lowest BCUT2D eigenvalue weighted by Gasteiger charge is -2.41. The van der Waals surface area contributed by atoms with Crippen molar-refractivity contribution in [2.45, 2.75) is 72.4 Å². The van der Waals surface area contributed by atoms with Gasteiger partial charge in [0, 0.05) is 18.5 Å². The number of carbonyl (C=O) groups is 2. The van der Waals surface area contributed by atoms with Crippen molar-refractivity contribution in [2.24, 2.45) is 11.3 Å². The molecule has 3 atom stereocenters. The zero-order valence-electron chi connectivity index (χ0n) is 12.8. The van der Waals surface area contributed by atoms with Crippen molar-refractivity contribution >= 4 is 11.9 Å². The second kappa shape index (κ2) is 5.93. The lowest BCUT2D eigenvalue weighted by atomic mass is 9.75. The minimum atomic E-state index is -0.978. The van der Waals surface area contributed by atoms with E-state index < -0.39 is 11.4 Å². The number of carbonyl (C=O) groups excluding carboxylic acids is 1. The number of carboxylic acid groups (broad SMARTS) is 1. The van der Waals surface area contributed by atoms with E-state index in [9.17, 15) is 14.7 Å². The average molecular weight is 269 g/mol. The van der Waals surface area contributed by atoms with Gasteiger partial charge in [0.05, 0.1) is 5.41 Å². The molecular formula is C15H27NO3. The Morgan fingerprint density at radius 2 is 1.74 bits per heavy atom. The van der Waals surface area contributed by atoms with Gasteiger partial charge in [-0.2, -0.15) is 0 Å². The first-order valence-electron chi connectivity index (χ1n) is 7.24. The molecule has 0 aromatic carbocycles. The summed E-state index contributed by atoms with van der Waals surface area (Å²) in [4.78, 5) is 25.9. The molecule has 0 saturated carbocycles. The van der Waals surface area contributed by atoms with Gasteiger partial charge in [-0.1, -0.05) is 13.8 Å². The number of nitrogens with zero attached hydrogens (tertiary/aromatic N) is 1. The third-order valence-electron chi connectivity index (χ3n) is 4.76. The Labute approximate surface area is 116 Å². The monoisotopic (exact) mass is 269 g/mol. The molecule has 1 amide bonds. The van der Waals surface area contributed by atoms with Gasteiger partial charge in [0.1, 0.15) is 0 Å². The molecule has 0 aliphatic carbocycles. The number of carboxylic acids is 1. The van der Waals surface area contributed by atoms with Crippen LogP contribution in [0.4, 0.5) is 0 Å². The fourth-order valence-electron chi connectivity index (χ4n) is 2.85. The van der Waals surface area contributed by atoms with E-state index in [2.05, 4.69) is 13.8 Å². The predicted molar refractivity (Wildman–Crippen MR) is 74.8 cm³/mol. The van der Waals surface area contributed by atoms with E-state index in [4.69, 9.17) is 0 Å². The van der Waals surface area contributed by atoms with Gasteiger partial charge in [0.2, 0.25) is 5.91 Å². The summed E-state index contributed by atoms with van der Waals surface area (Å²) in [5.41, 5.74) is -0.978. The zero-order valence-corrected chi connectivity index (χ0v) is 12.8. The number of hydrogen-bond donors (Lipinski definition) is 1. The van der Waals surface area contributed by atoms with Crippen LogP contribution >= 0.6 is 0 Å². The van der Waals surface area contributed by atoms with Crippen molar-refractivity contribution in [3.63, 3.8) is 0 Å². The summed E-state index contributed by atoms with van der Waals surface area (Å²) in [5.74, 6) is -0.962. The topological polar surface area (TPSA) is 57.6 Å². The molecule has 4 nitrogen and oxygen atoms in total. The Morgan fingerprint density at radius 1 is 1.26 bits per heavy atom. The highest BCUT2D eigenvalue weighted by molar-refractivity contribution is 5.85. The van der Waals surface area contributed by atoms with Crippen molar-refractivity contribution in [1.29, 1.82) is 0 Å². The maximum atomic E-state index is 12.5. The number of likely N-dealkylation sites (tertiary alicyclic amines) is 1. The molecule has 19 heavy (non-hydrogen) atoms. The average Bonchev–Trinajstić information content (AvgIpc) is 2.27. The van der Waals surface area contributed by atoms with Gasteiger partial charge in [-0.05, 0) is 46.0 Å². The highest BCUT2D eigenvalue weighted by Crippen LogP contribution is 2.34. The van der Waals surface area contributed by atoms with Crippen LogP contribution in [-0.4, -0.2) is 34.0 Å². The van der Waals surface area contributed by atoms with E-state index in [-0.39, 0.29) is 30.3 Å². The quantitative estimate of drug-likeness (QED) is 0.853. The SMILES string of the molecule is CC(C)C(C)(CC(=O)N1[C@H](C)CCC[C@@H]1C)C(=O)O. The van der Waals surface area contributed by atoms with E-state index >= 15 is 0 Å². The van der Waals surface area contributed by atoms with Crippen LogP contribution in [0.5, 0.6) is 0 Å². The Bertz CT molecular complexity index is 343. The van der Waals surface area contributed by atoms with Crippen LogP contribution in [0.3, 0.4) is 0 Å². The first kappa shape index (κ1) is 16.0. The molecule has 1 fully saturated rings. The van der Waals surface area contributed by atoms with Crippen LogP contribution in [0, 0.1) is 11.3 Å². The van der Waals surface area contributed by atoms with Crippen LogP contribution in [0.15, 0.2) is 0 Å². The number of aliphatic carboxylic acids is 1. The van der Waals surface area contributed by atoms with E-state index in [1.807, 2.05) is 18.7 Å². The lowest BCUT2D eigenvalue weighted by molar-refractivity contribution is -0.157. The summed E-state index contributed by atoms with van der Waals surface area (Å²) in [7, 11) is 0. The van der Waals surface area contributed by atoms with Crippen molar-refractivity contribution in [2.75, 3.05) is 0 Å². The van der Waals surface area contributed by atoms with Crippen molar-refractivity contribution < 1.29 is 14.7 Å². The van der Waals surface area contributed by atoms with Gasteiger partial charge in [-0.15, -0.1) is 0 Å². The minimum absolute atomic E-state index is 0.0155. The Morgan fingerprint density at radius 3 is 2.11 bits per heavy atom. The third kappa shape index (κ3) is 3.28. The van der Waals surface area contributed by atoms with Gasteiger partial charge in [-0.25, -0.2) is 0 Å². The second-order valence-corrected chi connectivity index (χ2v) is 6.48. The van der Waals surface area contributed by atoms with Crippen LogP contribution in [0.1, 0.15) is 60.3 Å². The maximum absolute atomic E-state index is 12.5. The molecule has 0 spiro atoms. The Kier molecular flexibility index (Phi) is 4.99. The number of amides is 1. The molecule has 1 heterocycles. The standard InChI is InChI=1S/C15H27NO3/c1-10(2)15(5,14(18)19)9-13(17)16-11(3)7-6-8-12(16)4/h10-12H,6-9H2,1-5H3,(H,18,19)/t11-,12+,15?. The molecule has 0 bridgehead atoms. The summed E-state index contributed by atoms with van der Waals surface area (Å²) in [6.07, 6.45) is 3.27. The summed E-state index contributed by atoms with van der Waals surface area (Å²) < 4.78 is 0. The van der Waals surface area contributed by atoms with Crippen LogP contribution in [-0.2, 0) is 9.59 Å². The summed E-state index contributed by atoms with van der Waals surface area (Å²) in [5, 5.41) is 9.41. The van der Waals surface area contributed by atoms with Gasteiger partial charge < -0.3 is 10.0 Å². The van der Waals surface area contributed by atoms with Gasteiger partial charge in [-0.3, -0.25) is 9.59 Å². The smallest absolute Gasteiger partial charge is 0.310 e. The molecule has 1 unspecified atom stereocenters. The normalized spacial score (nSPS) is 27.2. The number of rotatable bonds is 4. The lowest BCUT2D eigenvalue weighted by Crippen LogP contribution is -2.50. The molecule has 1 N–H and O–H groups in total. The first-order valence-corrected chi connectivity index (χ1v) is 7.24. The fourth-order valence-corrected chi connectivity index (χ4v) is 2.85. The van der Waals surface area contributed by atoms with E-state index in [0.29, 0.717) is 0 Å². The Hall–Kier alpha value is -1.06. The number of hydrogen-bond acceptors (Lipinski definition) is 2. The molecule has 4 heteroatoms. The van der Waals surface area contributed by atoms with Crippen molar-refractivity contribution in [3.05, 3.63) is 0 Å². The molecule has 1 rings (SSSR count). The van der Waals surface area contributed by atoms with Crippen LogP contribution in [0.25, 0.3) is 0 Å². The summed E-state index contributed by atoms with van der Waals surface area (Å²) >= 11 is 0. The number of piperidine rings is 1. The molecular weight excluding hydrogens is 242 g/mol. The molecule has 110 valence electrons.